The second-order valence-electron chi connectivity index (χ2n) is 4.09. The molecular weight excluding hydrogens is 214 g/mol. The molecule has 1 aromatic rings. The molecule has 86 valence electrons. The Hall–Kier alpha value is -1.15. The van der Waals surface area contributed by atoms with Gasteiger partial charge in [-0.3, -0.25) is 0 Å². The van der Waals surface area contributed by atoms with E-state index in [-0.39, 0.29) is 0 Å². The molecule has 0 aliphatic heterocycles. The zero-order chi connectivity index (χ0) is 12.0. The Morgan fingerprint density at radius 3 is 2.56 bits per heavy atom. The number of thiocarbonyl (C=S) groups is 1. The molecule has 0 spiro atoms. The fourth-order valence-corrected chi connectivity index (χ4v) is 1.68. The lowest BCUT2D eigenvalue weighted by molar-refractivity contribution is 0.580. The highest BCUT2D eigenvalue weighted by molar-refractivity contribution is 7.80. The van der Waals surface area contributed by atoms with Crippen molar-refractivity contribution in [3.05, 3.63) is 48.6 Å². The topological polar surface area (TPSA) is 12.0 Å². The molecule has 0 aromatic heterocycles. The zero-order valence-electron chi connectivity index (χ0n) is 9.94. The summed E-state index contributed by atoms with van der Waals surface area (Å²) < 4.78 is 0. The number of rotatable bonds is 5. The molecule has 0 heterocycles. The number of hydrogen-bond donors (Lipinski definition) is 1. The lowest BCUT2D eigenvalue weighted by atomic mass is 9.96. The minimum Gasteiger partial charge on any atom is -0.375 e. The number of benzene rings is 1. The van der Waals surface area contributed by atoms with Crippen LogP contribution in [0.3, 0.4) is 0 Å². The van der Waals surface area contributed by atoms with Crippen molar-refractivity contribution in [1.29, 1.82) is 0 Å². The van der Waals surface area contributed by atoms with Crippen molar-refractivity contribution in [3.8, 4) is 0 Å². The largest absolute Gasteiger partial charge is 0.375 e. The molecule has 0 saturated heterocycles. The molecule has 0 aliphatic rings. The maximum absolute atomic E-state index is 5.36. The van der Waals surface area contributed by atoms with Gasteiger partial charge in [-0.05, 0) is 11.5 Å². The number of nitrogens with one attached hydrogen (secondary N) is 1. The van der Waals surface area contributed by atoms with Gasteiger partial charge in [0.05, 0.1) is 4.99 Å². The first-order chi connectivity index (χ1) is 7.65. The van der Waals surface area contributed by atoms with Crippen molar-refractivity contribution in [1.82, 2.24) is 5.32 Å². The molecule has 1 rings (SSSR count). The molecule has 1 aromatic carbocycles. The Morgan fingerprint density at radius 1 is 1.38 bits per heavy atom. The molecule has 0 saturated carbocycles. The summed E-state index contributed by atoms with van der Waals surface area (Å²) in [5.41, 5.74) is 1.25. The van der Waals surface area contributed by atoms with Crippen LogP contribution in [0.4, 0.5) is 0 Å². The quantitative estimate of drug-likeness (QED) is 0.616. The van der Waals surface area contributed by atoms with E-state index in [1.54, 1.807) is 0 Å². The van der Waals surface area contributed by atoms with Crippen molar-refractivity contribution in [3.63, 3.8) is 0 Å². The lowest BCUT2D eigenvalue weighted by Crippen LogP contribution is -2.29. The predicted molar refractivity (Wildman–Crippen MR) is 74.4 cm³/mol. The SMILES string of the molecule is C=CC(C)C(C)C(=S)NCc1ccccc1. The van der Waals surface area contributed by atoms with Crippen LogP contribution >= 0.6 is 12.2 Å². The normalized spacial score (nSPS) is 13.9. The second-order valence-corrected chi connectivity index (χ2v) is 4.53. The third kappa shape index (κ3) is 3.78. The summed E-state index contributed by atoms with van der Waals surface area (Å²) in [6.45, 7) is 8.86. The first kappa shape index (κ1) is 12.9. The highest BCUT2D eigenvalue weighted by atomic mass is 32.1. The Labute approximate surface area is 104 Å². The third-order valence-corrected chi connectivity index (χ3v) is 3.40. The minimum atomic E-state index is 0.344. The highest BCUT2D eigenvalue weighted by Crippen LogP contribution is 2.13. The van der Waals surface area contributed by atoms with E-state index in [1.165, 1.54) is 5.56 Å². The Morgan fingerprint density at radius 2 is 2.00 bits per heavy atom. The van der Waals surface area contributed by atoms with E-state index < -0.39 is 0 Å². The van der Waals surface area contributed by atoms with Crippen LogP contribution in [-0.4, -0.2) is 4.99 Å². The smallest absolute Gasteiger partial charge is 0.0790 e. The average Bonchev–Trinajstić information content (AvgIpc) is 2.35. The van der Waals surface area contributed by atoms with E-state index in [0.717, 1.165) is 11.5 Å². The molecule has 0 bridgehead atoms. The Kier molecular flexibility index (Phi) is 5.20. The van der Waals surface area contributed by atoms with Crippen LogP contribution in [0.25, 0.3) is 0 Å². The van der Waals surface area contributed by atoms with Crippen LogP contribution in [0.1, 0.15) is 19.4 Å². The number of allylic oxidation sites excluding steroid dienone is 1. The molecule has 0 radical (unpaired) electrons. The van der Waals surface area contributed by atoms with Gasteiger partial charge in [-0.15, -0.1) is 6.58 Å². The van der Waals surface area contributed by atoms with Crippen LogP contribution in [0, 0.1) is 11.8 Å². The van der Waals surface area contributed by atoms with Crippen LogP contribution in [0.15, 0.2) is 43.0 Å². The lowest BCUT2D eigenvalue weighted by Gasteiger charge is -2.18. The van der Waals surface area contributed by atoms with Gasteiger partial charge in [0, 0.05) is 12.5 Å². The molecule has 0 fully saturated rings. The molecule has 2 heteroatoms. The minimum absolute atomic E-state index is 0.344. The van der Waals surface area contributed by atoms with Crippen LogP contribution in [0.5, 0.6) is 0 Å². The van der Waals surface area contributed by atoms with Gasteiger partial charge in [-0.1, -0.05) is 62.5 Å². The molecule has 0 aliphatic carbocycles. The van der Waals surface area contributed by atoms with E-state index in [2.05, 4.69) is 37.9 Å². The van der Waals surface area contributed by atoms with Gasteiger partial charge in [-0.25, -0.2) is 0 Å². The first-order valence-corrected chi connectivity index (χ1v) is 6.00. The monoisotopic (exact) mass is 233 g/mol. The van der Waals surface area contributed by atoms with E-state index in [9.17, 15) is 0 Å². The summed E-state index contributed by atoms with van der Waals surface area (Å²) in [6.07, 6.45) is 1.95. The summed E-state index contributed by atoms with van der Waals surface area (Å²) in [6, 6.07) is 10.3. The van der Waals surface area contributed by atoms with Crippen LogP contribution in [0.2, 0.25) is 0 Å². The summed E-state index contributed by atoms with van der Waals surface area (Å²) in [7, 11) is 0. The number of hydrogen-bond acceptors (Lipinski definition) is 1. The standard InChI is InChI=1S/C14H19NS/c1-4-11(2)12(3)14(16)15-10-13-8-6-5-7-9-13/h4-9,11-12H,1,10H2,2-3H3,(H,15,16). The summed E-state index contributed by atoms with van der Waals surface area (Å²) in [4.78, 5) is 0.913. The summed E-state index contributed by atoms with van der Waals surface area (Å²) >= 11 is 5.36. The molecule has 0 amide bonds. The summed E-state index contributed by atoms with van der Waals surface area (Å²) in [5, 5.41) is 3.30. The maximum Gasteiger partial charge on any atom is 0.0790 e. The Bertz CT molecular complexity index is 345. The molecule has 16 heavy (non-hydrogen) atoms. The molecule has 1 N–H and O–H groups in total. The Balaban J connectivity index is 2.44. The van der Waals surface area contributed by atoms with Crippen molar-refractivity contribution < 1.29 is 0 Å². The second kappa shape index (κ2) is 6.44. The van der Waals surface area contributed by atoms with Crippen molar-refractivity contribution in [2.24, 2.45) is 11.8 Å². The van der Waals surface area contributed by atoms with Gasteiger partial charge in [0.15, 0.2) is 0 Å². The van der Waals surface area contributed by atoms with Gasteiger partial charge in [0.1, 0.15) is 0 Å². The molecule has 1 nitrogen and oxygen atoms in total. The van der Waals surface area contributed by atoms with Crippen molar-refractivity contribution >= 4 is 17.2 Å². The average molecular weight is 233 g/mol. The maximum atomic E-state index is 5.36. The van der Waals surface area contributed by atoms with Crippen LogP contribution in [-0.2, 0) is 6.54 Å². The fourth-order valence-electron chi connectivity index (χ4n) is 1.39. The first-order valence-electron chi connectivity index (χ1n) is 5.59. The predicted octanol–water partition coefficient (Wildman–Crippen LogP) is 3.56. The van der Waals surface area contributed by atoms with Crippen LogP contribution < -0.4 is 5.32 Å². The van der Waals surface area contributed by atoms with E-state index in [4.69, 9.17) is 12.2 Å². The van der Waals surface area contributed by atoms with E-state index in [1.807, 2.05) is 24.3 Å². The van der Waals surface area contributed by atoms with E-state index in [0.29, 0.717) is 11.8 Å². The van der Waals surface area contributed by atoms with E-state index >= 15 is 0 Å². The van der Waals surface area contributed by atoms with Gasteiger partial charge in [-0.2, -0.15) is 0 Å². The zero-order valence-corrected chi connectivity index (χ0v) is 10.8. The van der Waals surface area contributed by atoms with Gasteiger partial charge in [0.2, 0.25) is 0 Å². The van der Waals surface area contributed by atoms with Crippen molar-refractivity contribution in [2.45, 2.75) is 20.4 Å². The van der Waals surface area contributed by atoms with Gasteiger partial charge < -0.3 is 5.32 Å². The highest BCUT2D eigenvalue weighted by Gasteiger charge is 2.13. The molecule has 2 unspecified atom stereocenters. The van der Waals surface area contributed by atoms with Crippen molar-refractivity contribution in [2.75, 3.05) is 0 Å². The molecule has 2 atom stereocenters. The fraction of sp³-hybridized carbons (Fsp3) is 0.357. The molecular formula is C14H19NS. The van der Waals surface area contributed by atoms with Gasteiger partial charge in [0.25, 0.3) is 0 Å². The van der Waals surface area contributed by atoms with Gasteiger partial charge >= 0.3 is 0 Å². The summed E-state index contributed by atoms with van der Waals surface area (Å²) in [5.74, 6) is 0.756. The third-order valence-electron chi connectivity index (χ3n) is 2.88.